The van der Waals surface area contributed by atoms with Crippen molar-refractivity contribution in [1.29, 1.82) is 0 Å². The van der Waals surface area contributed by atoms with Crippen molar-refractivity contribution in [2.24, 2.45) is 0 Å². The second kappa shape index (κ2) is 3.73. The summed E-state index contributed by atoms with van der Waals surface area (Å²) in [5, 5.41) is 8.82. The highest BCUT2D eigenvalue weighted by atomic mass is 16.7. The SMILES string of the molecule is CC1(c2ccco2)COC(CO)OC1. The van der Waals surface area contributed by atoms with E-state index in [1.54, 1.807) is 6.26 Å². The minimum absolute atomic E-state index is 0.103. The zero-order valence-electron chi connectivity index (χ0n) is 8.10. The zero-order valence-corrected chi connectivity index (χ0v) is 8.10. The molecular weight excluding hydrogens is 184 g/mol. The van der Waals surface area contributed by atoms with Gasteiger partial charge in [-0.3, -0.25) is 0 Å². The first kappa shape index (κ1) is 9.71. The first-order valence-electron chi connectivity index (χ1n) is 4.63. The van der Waals surface area contributed by atoms with Crippen LogP contribution >= 0.6 is 0 Å². The van der Waals surface area contributed by atoms with Crippen LogP contribution < -0.4 is 0 Å². The van der Waals surface area contributed by atoms with E-state index in [4.69, 9.17) is 19.0 Å². The summed E-state index contributed by atoms with van der Waals surface area (Å²) in [7, 11) is 0. The van der Waals surface area contributed by atoms with Crippen LogP contribution in [-0.4, -0.2) is 31.2 Å². The van der Waals surface area contributed by atoms with Gasteiger partial charge < -0.3 is 19.0 Å². The average molecular weight is 198 g/mol. The number of aliphatic hydroxyl groups excluding tert-OH is 1. The first-order chi connectivity index (χ1) is 6.74. The molecule has 4 nitrogen and oxygen atoms in total. The van der Waals surface area contributed by atoms with Crippen LogP contribution in [0.15, 0.2) is 22.8 Å². The maximum atomic E-state index is 8.82. The van der Waals surface area contributed by atoms with E-state index < -0.39 is 6.29 Å². The highest BCUT2D eigenvalue weighted by molar-refractivity contribution is 5.13. The molecule has 1 saturated heterocycles. The summed E-state index contributed by atoms with van der Waals surface area (Å²) < 4.78 is 16.0. The summed E-state index contributed by atoms with van der Waals surface area (Å²) in [5.74, 6) is 0.855. The third-order valence-electron chi connectivity index (χ3n) is 2.44. The molecule has 0 amide bonds. The Hall–Kier alpha value is -0.840. The van der Waals surface area contributed by atoms with Crippen molar-refractivity contribution in [3.05, 3.63) is 24.2 Å². The highest BCUT2D eigenvalue weighted by Crippen LogP contribution is 2.29. The van der Waals surface area contributed by atoms with Crippen LogP contribution in [0.5, 0.6) is 0 Å². The minimum atomic E-state index is -0.488. The lowest BCUT2D eigenvalue weighted by Gasteiger charge is -2.35. The van der Waals surface area contributed by atoms with Gasteiger partial charge in [-0.1, -0.05) is 0 Å². The number of hydrogen-bond acceptors (Lipinski definition) is 4. The molecule has 0 radical (unpaired) electrons. The van der Waals surface area contributed by atoms with Gasteiger partial charge in [-0.05, 0) is 19.1 Å². The molecule has 78 valence electrons. The third kappa shape index (κ3) is 1.68. The zero-order chi connectivity index (χ0) is 10.0. The molecule has 0 bridgehead atoms. The van der Waals surface area contributed by atoms with E-state index in [1.165, 1.54) is 0 Å². The summed E-state index contributed by atoms with van der Waals surface area (Å²) in [6, 6.07) is 3.75. The Morgan fingerprint density at radius 2 is 2.21 bits per heavy atom. The fraction of sp³-hybridized carbons (Fsp3) is 0.600. The molecule has 14 heavy (non-hydrogen) atoms. The van der Waals surface area contributed by atoms with Gasteiger partial charge in [0.1, 0.15) is 5.76 Å². The van der Waals surface area contributed by atoms with Crippen LogP contribution in [0.1, 0.15) is 12.7 Å². The smallest absolute Gasteiger partial charge is 0.180 e. The topological polar surface area (TPSA) is 51.8 Å². The summed E-state index contributed by atoms with van der Waals surface area (Å²) in [4.78, 5) is 0. The van der Waals surface area contributed by atoms with E-state index in [2.05, 4.69) is 0 Å². The van der Waals surface area contributed by atoms with Gasteiger partial charge in [0.05, 0.1) is 31.5 Å². The van der Waals surface area contributed by atoms with Gasteiger partial charge in [0.25, 0.3) is 0 Å². The van der Waals surface area contributed by atoms with Gasteiger partial charge in [0.15, 0.2) is 6.29 Å². The Labute approximate surface area is 82.4 Å². The van der Waals surface area contributed by atoms with Crippen molar-refractivity contribution < 1.29 is 19.0 Å². The van der Waals surface area contributed by atoms with Crippen LogP contribution in [-0.2, 0) is 14.9 Å². The molecule has 0 spiro atoms. The standard InChI is InChI=1S/C10H14O4/c1-10(8-3-2-4-12-8)6-13-9(5-11)14-7-10/h2-4,9,11H,5-7H2,1H3. The number of furan rings is 1. The molecule has 1 fully saturated rings. The molecule has 1 N–H and O–H groups in total. The van der Waals surface area contributed by atoms with E-state index in [0.29, 0.717) is 13.2 Å². The Kier molecular flexibility index (Phi) is 2.58. The molecule has 2 heterocycles. The minimum Gasteiger partial charge on any atom is -0.469 e. The summed E-state index contributed by atoms with van der Waals surface area (Å²) in [5.41, 5.74) is -0.241. The average Bonchev–Trinajstić information content (AvgIpc) is 2.72. The molecule has 0 aromatic carbocycles. The molecule has 0 atom stereocenters. The highest BCUT2D eigenvalue weighted by Gasteiger charge is 2.36. The van der Waals surface area contributed by atoms with Crippen molar-refractivity contribution in [3.8, 4) is 0 Å². The van der Waals surface area contributed by atoms with Crippen molar-refractivity contribution in [1.82, 2.24) is 0 Å². The molecule has 1 aliphatic heterocycles. The fourth-order valence-electron chi connectivity index (χ4n) is 1.51. The second-order valence-corrected chi connectivity index (χ2v) is 3.77. The number of aliphatic hydroxyl groups is 1. The van der Waals surface area contributed by atoms with Gasteiger partial charge in [0, 0.05) is 0 Å². The Morgan fingerprint density at radius 3 is 2.71 bits per heavy atom. The van der Waals surface area contributed by atoms with Gasteiger partial charge in [-0.15, -0.1) is 0 Å². The van der Waals surface area contributed by atoms with Crippen molar-refractivity contribution >= 4 is 0 Å². The Balaban J connectivity index is 2.06. The predicted molar refractivity (Wildman–Crippen MR) is 48.8 cm³/mol. The normalized spacial score (nSPS) is 33.1. The summed E-state index contributed by atoms with van der Waals surface area (Å²) >= 11 is 0. The van der Waals surface area contributed by atoms with Crippen molar-refractivity contribution in [3.63, 3.8) is 0 Å². The first-order valence-corrected chi connectivity index (χ1v) is 4.63. The van der Waals surface area contributed by atoms with Gasteiger partial charge in [-0.2, -0.15) is 0 Å². The third-order valence-corrected chi connectivity index (χ3v) is 2.44. The summed E-state index contributed by atoms with van der Waals surface area (Å²) in [6.07, 6.45) is 1.15. The van der Waals surface area contributed by atoms with Crippen molar-refractivity contribution in [2.75, 3.05) is 19.8 Å². The maximum Gasteiger partial charge on any atom is 0.180 e. The molecule has 1 aliphatic rings. The summed E-state index contributed by atoms with van der Waals surface area (Å²) in [6.45, 7) is 2.92. The molecule has 4 heteroatoms. The number of rotatable bonds is 2. The Bertz CT molecular complexity index is 272. The van der Waals surface area contributed by atoms with Crippen molar-refractivity contribution in [2.45, 2.75) is 18.6 Å². The lowest BCUT2D eigenvalue weighted by Crippen LogP contribution is -2.43. The van der Waals surface area contributed by atoms with Gasteiger partial charge in [0.2, 0.25) is 0 Å². The Morgan fingerprint density at radius 1 is 1.50 bits per heavy atom. The maximum absolute atomic E-state index is 8.82. The lowest BCUT2D eigenvalue weighted by molar-refractivity contribution is -0.222. The van der Waals surface area contributed by atoms with E-state index in [-0.39, 0.29) is 12.0 Å². The molecular formula is C10H14O4. The lowest BCUT2D eigenvalue weighted by atomic mass is 9.89. The number of hydrogen-bond donors (Lipinski definition) is 1. The largest absolute Gasteiger partial charge is 0.469 e. The molecule has 1 aromatic heterocycles. The van der Waals surface area contributed by atoms with Gasteiger partial charge in [-0.25, -0.2) is 0 Å². The quantitative estimate of drug-likeness (QED) is 0.767. The number of ether oxygens (including phenoxy) is 2. The van der Waals surface area contributed by atoms with E-state index in [9.17, 15) is 0 Å². The van der Waals surface area contributed by atoms with Crippen LogP contribution in [0.25, 0.3) is 0 Å². The second-order valence-electron chi connectivity index (χ2n) is 3.77. The molecule has 2 rings (SSSR count). The van der Waals surface area contributed by atoms with Crippen LogP contribution in [0.3, 0.4) is 0 Å². The van der Waals surface area contributed by atoms with Crippen LogP contribution in [0.4, 0.5) is 0 Å². The van der Waals surface area contributed by atoms with E-state index in [1.807, 2.05) is 19.1 Å². The molecule has 1 aromatic rings. The monoisotopic (exact) mass is 198 g/mol. The molecule has 0 saturated carbocycles. The van der Waals surface area contributed by atoms with Crippen LogP contribution in [0.2, 0.25) is 0 Å². The molecule has 0 aliphatic carbocycles. The van der Waals surface area contributed by atoms with E-state index in [0.717, 1.165) is 5.76 Å². The molecule has 0 unspecified atom stereocenters. The fourth-order valence-corrected chi connectivity index (χ4v) is 1.51. The van der Waals surface area contributed by atoms with Crippen LogP contribution in [0, 0.1) is 0 Å². The van der Waals surface area contributed by atoms with E-state index >= 15 is 0 Å². The van der Waals surface area contributed by atoms with Gasteiger partial charge >= 0.3 is 0 Å². The predicted octanol–water partition coefficient (Wildman–Crippen LogP) is 0.903.